The Labute approximate surface area is 98.1 Å². The summed E-state index contributed by atoms with van der Waals surface area (Å²) in [6.07, 6.45) is 1.18. The molecular weight excluding hydrogens is 201 g/mol. The zero-order valence-corrected chi connectivity index (χ0v) is 10.7. The van der Waals surface area contributed by atoms with E-state index < -0.39 is 0 Å². The van der Waals surface area contributed by atoms with Crippen LogP contribution < -0.4 is 5.32 Å². The van der Waals surface area contributed by atoms with Gasteiger partial charge >= 0.3 is 0 Å². The second kappa shape index (κ2) is 6.00. The van der Waals surface area contributed by atoms with Crippen LogP contribution in [0.15, 0.2) is 18.2 Å². The fraction of sp³-hybridized carbons (Fsp3) is 0.571. The maximum Gasteiger partial charge on any atom is 0.123 e. The van der Waals surface area contributed by atoms with E-state index >= 15 is 0 Å². The van der Waals surface area contributed by atoms with Gasteiger partial charge in [0.2, 0.25) is 0 Å². The summed E-state index contributed by atoms with van der Waals surface area (Å²) < 4.78 is 12.9. The van der Waals surface area contributed by atoms with Crippen molar-refractivity contribution in [2.45, 2.75) is 46.7 Å². The van der Waals surface area contributed by atoms with Crippen molar-refractivity contribution >= 4 is 0 Å². The Morgan fingerprint density at radius 1 is 1.31 bits per heavy atom. The highest BCUT2D eigenvalue weighted by molar-refractivity contribution is 5.26. The van der Waals surface area contributed by atoms with Crippen molar-refractivity contribution in [1.82, 2.24) is 5.32 Å². The lowest BCUT2D eigenvalue weighted by atomic mass is 10.0. The Morgan fingerprint density at radius 2 is 2.00 bits per heavy atom. The van der Waals surface area contributed by atoms with Gasteiger partial charge in [0.25, 0.3) is 0 Å². The van der Waals surface area contributed by atoms with Crippen molar-refractivity contribution in [3.05, 3.63) is 35.1 Å². The number of hydrogen-bond donors (Lipinski definition) is 1. The van der Waals surface area contributed by atoms with Gasteiger partial charge in [-0.05, 0) is 43.0 Å². The van der Waals surface area contributed by atoms with Crippen LogP contribution in [0.1, 0.15) is 38.3 Å². The lowest BCUT2D eigenvalue weighted by molar-refractivity contribution is 0.389. The molecule has 2 unspecified atom stereocenters. The lowest BCUT2D eigenvalue weighted by Gasteiger charge is -2.20. The van der Waals surface area contributed by atoms with Crippen molar-refractivity contribution in [2.24, 2.45) is 5.92 Å². The van der Waals surface area contributed by atoms with E-state index in [4.69, 9.17) is 0 Å². The Bertz CT molecular complexity index is 336. The Morgan fingerprint density at radius 3 is 2.56 bits per heavy atom. The van der Waals surface area contributed by atoms with Gasteiger partial charge in [0.05, 0.1) is 0 Å². The van der Waals surface area contributed by atoms with Crippen LogP contribution in [0.4, 0.5) is 4.39 Å². The molecular formula is C14H22FN. The maximum atomic E-state index is 12.9. The standard InChI is InChI=1S/C14H22FN/c1-5-10(2)12(4)16-9-13-6-7-14(15)8-11(13)3/h6-8,10,12,16H,5,9H2,1-4H3. The van der Waals surface area contributed by atoms with Crippen LogP contribution in [0.5, 0.6) is 0 Å². The van der Waals surface area contributed by atoms with Gasteiger partial charge in [-0.2, -0.15) is 0 Å². The molecule has 0 heterocycles. The van der Waals surface area contributed by atoms with Gasteiger partial charge in [-0.15, -0.1) is 0 Å². The van der Waals surface area contributed by atoms with E-state index in [-0.39, 0.29) is 5.82 Å². The highest BCUT2D eigenvalue weighted by Crippen LogP contribution is 2.12. The van der Waals surface area contributed by atoms with Crippen molar-refractivity contribution < 1.29 is 4.39 Å². The average molecular weight is 223 g/mol. The molecule has 0 bridgehead atoms. The van der Waals surface area contributed by atoms with E-state index in [0.29, 0.717) is 12.0 Å². The molecule has 0 aliphatic heterocycles. The van der Waals surface area contributed by atoms with Crippen LogP contribution >= 0.6 is 0 Å². The SMILES string of the molecule is CCC(C)C(C)NCc1ccc(F)cc1C. The number of aryl methyl sites for hydroxylation is 1. The minimum Gasteiger partial charge on any atom is -0.310 e. The summed E-state index contributed by atoms with van der Waals surface area (Å²) in [7, 11) is 0. The predicted molar refractivity (Wildman–Crippen MR) is 66.9 cm³/mol. The summed E-state index contributed by atoms with van der Waals surface area (Å²) >= 11 is 0. The number of benzene rings is 1. The van der Waals surface area contributed by atoms with Gasteiger partial charge in [-0.1, -0.05) is 26.3 Å². The van der Waals surface area contributed by atoms with Gasteiger partial charge in [0, 0.05) is 12.6 Å². The monoisotopic (exact) mass is 223 g/mol. The number of halogens is 1. The van der Waals surface area contributed by atoms with Crippen LogP contribution in [0.3, 0.4) is 0 Å². The van der Waals surface area contributed by atoms with Crippen molar-refractivity contribution in [3.8, 4) is 0 Å². The highest BCUT2D eigenvalue weighted by Gasteiger charge is 2.09. The third-order valence-corrected chi connectivity index (χ3v) is 3.42. The zero-order valence-electron chi connectivity index (χ0n) is 10.7. The molecule has 0 radical (unpaired) electrons. The molecule has 0 saturated heterocycles. The van der Waals surface area contributed by atoms with E-state index in [1.807, 2.05) is 13.0 Å². The molecule has 16 heavy (non-hydrogen) atoms. The minimum atomic E-state index is -0.156. The van der Waals surface area contributed by atoms with Crippen LogP contribution in [-0.4, -0.2) is 6.04 Å². The summed E-state index contributed by atoms with van der Waals surface area (Å²) in [4.78, 5) is 0. The molecule has 0 aliphatic carbocycles. The Hall–Kier alpha value is -0.890. The molecule has 2 heteroatoms. The third-order valence-electron chi connectivity index (χ3n) is 3.42. The maximum absolute atomic E-state index is 12.9. The molecule has 0 saturated carbocycles. The Kier molecular flexibility index (Phi) is 4.94. The molecule has 1 rings (SSSR count). The van der Waals surface area contributed by atoms with E-state index in [1.165, 1.54) is 18.1 Å². The lowest BCUT2D eigenvalue weighted by Crippen LogP contribution is -2.31. The van der Waals surface area contributed by atoms with Gasteiger partial charge in [-0.3, -0.25) is 0 Å². The molecule has 0 aromatic heterocycles. The molecule has 1 aromatic rings. The molecule has 1 N–H and O–H groups in total. The van der Waals surface area contributed by atoms with E-state index in [0.717, 1.165) is 12.1 Å². The molecule has 0 aliphatic rings. The van der Waals surface area contributed by atoms with Gasteiger partial charge in [-0.25, -0.2) is 4.39 Å². The number of nitrogens with one attached hydrogen (secondary N) is 1. The van der Waals surface area contributed by atoms with Crippen LogP contribution in [0.25, 0.3) is 0 Å². The van der Waals surface area contributed by atoms with Crippen molar-refractivity contribution in [2.75, 3.05) is 0 Å². The molecule has 0 amide bonds. The third kappa shape index (κ3) is 3.60. The van der Waals surface area contributed by atoms with Crippen LogP contribution in [0, 0.1) is 18.7 Å². The summed E-state index contributed by atoms with van der Waals surface area (Å²) in [5, 5.41) is 3.49. The van der Waals surface area contributed by atoms with E-state index in [9.17, 15) is 4.39 Å². The first-order chi connectivity index (χ1) is 7.54. The van der Waals surface area contributed by atoms with Gasteiger partial charge < -0.3 is 5.32 Å². The topological polar surface area (TPSA) is 12.0 Å². The van der Waals surface area contributed by atoms with Crippen LogP contribution in [-0.2, 0) is 6.54 Å². The quantitative estimate of drug-likeness (QED) is 0.803. The largest absolute Gasteiger partial charge is 0.310 e. The number of hydrogen-bond acceptors (Lipinski definition) is 1. The summed E-state index contributed by atoms with van der Waals surface area (Å²) in [6.45, 7) is 9.42. The van der Waals surface area contributed by atoms with Crippen molar-refractivity contribution in [3.63, 3.8) is 0 Å². The predicted octanol–water partition coefficient (Wildman–Crippen LogP) is 3.66. The fourth-order valence-electron chi connectivity index (χ4n) is 1.68. The zero-order chi connectivity index (χ0) is 12.1. The van der Waals surface area contributed by atoms with Gasteiger partial charge in [0.1, 0.15) is 5.82 Å². The molecule has 90 valence electrons. The summed E-state index contributed by atoms with van der Waals surface area (Å²) in [5.41, 5.74) is 2.19. The molecule has 0 fully saturated rings. The second-order valence-corrected chi connectivity index (χ2v) is 4.63. The first-order valence-electron chi connectivity index (χ1n) is 6.03. The summed E-state index contributed by atoms with van der Waals surface area (Å²) in [5.74, 6) is 0.511. The van der Waals surface area contributed by atoms with Gasteiger partial charge in [0.15, 0.2) is 0 Å². The van der Waals surface area contributed by atoms with Crippen molar-refractivity contribution in [1.29, 1.82) is 0 Å². The summed E-state index contributed by atoms with van der Waals surface area (Å²) in [6, 6.07) is 5.47. The molecule has 1 nitrogen and oxygen atoms in total. The molecule has 0 spiro atoms. The van der Waals surface area contributed by atoms with E-state index in [1.54, 1.807) is 6.07 Å². The smallest absolute Gasteiger partial charge is 0.123 e. The average Bonchev–Trinajstić information content (AvgIpc) is 2.26. The first kappa shape index (κ1) is 13.2. The Balaban J connectivity index is 2.54. The second-order valence-electron chi connectivity index (χ2n) is 4.63. The van der Waals surface area contributed by atoms with E-state index in [2.05, 4.69) is 26.1 Å². The fourth-order valence-corrected chi connectivity index (χ4v) is 1.68. The van der Waals surface area contributed by atoms with Crippen LogP contribution in [0.2, 0.25) is 0 Å². The number of rotatable bonds is 5. The molecule has 2 atom stereocenters. The first-order valence-corrected chi connectivity index (χ1v) is 6.03. The minimum absolute atomic E-state index is 0.156. The highest BCUT2D eigenvalue weighted by atomic mass is 19.1. The normalized spacial score (nSPS) is 14.8. The molecule has 1 aromatic carbocycles.